The quantitative estimate of drug-likeness (QED) is 0.543. The summed E-state index contributed by atoms with van der Waals surface area (Å²) >= 11 is 0. The minimum absolute atomic E-state index is 0.340. The fourth-order valence-electron chi connectivity index (χ4n) is 1.35. The van der Waals surface area contributed by atoms with Crippen LogP contribution in [0, 0.1) is 0 Å². The highest BCUT2D eigenvalue weighted by molar-refractivity contribution is 5.74. The maximum absolute atomic E-state index is 11.4. The largest absolute Gasteiger partial charge is 0.467 e. The van der Waals surface area contributed by atoms with Gasteiger partial charge in [0.15, 0.2) is 6.10 Å². The lowest BCUT2D eigenvalue weighted by Crippen LogP contribution is -2.28. The molecule has 1 atom stereocenters. The highest BCUT2D eigenvalue weighted by atomic mass is 16.6. The van der Waals surface area contributed by atoms with Crippen LogP contribution < -0.4 is 0 Å². The van der Waals surface area contributed by atoms with Crippen molar-refractivity contribution in [3.8, 4) is 0 Å². The van der Waals surface area contributed by atoms with Crippen LogP contribution >= 0.6 is 0 Å². The van der Waals surface area contributed by atoms with Gasteiger partial charge in [-0.25, -0.2) is 4.79 Å². The molecule has 1 rings (SSSR count). The molecular formula is C13H16O3. The van der Waals surface area contributed by atoms with Crippen LogP contribution in [0.3, 0.4) is 0 Å². The molecule has 0 unspecified atom stereocenters. The normalized spacial score (nSPS) is 11.8. The Morgan fingerprint density at radius 3 is 2.69 bits per heavy atom. The Hall–Kier alpha value is -1.61. The Labute approximate surface area is 95.7 Å². The number of carbonyl (C=O) groups excluding carboxylic acids is 1. The molecule has 0 saturated heterocycles. The average Bonchev–Trinajstić information content (AvgIpc) is 2.34. The molecule has 3 nitrogen and oxygen atoms in total. The van der Waals surface area contributed by atoms with Gasteiger partial charge in [-0.3, -0.25) is 0 Å². The third kappa shape index (κ3) is 3.87. The van der Waals surface area contributed by atoms with Crippen LogP contribution in [0.15, 0.2) is 43.0 Å². The van der Waals surface area contributed by atoms with E-state index in [9.17, 15) is 4.79 Å². The van der Waals surface area contributed by atoms with Crippen LogP contribution in [0.25, 0.3) is 0 Å². The molecular weight excluding hydrogens is 204 g/mol. The maximum Gasteiger partial charge on any atom is 0.335 e. The Morgan fingerprint density at radius 1 is 1.44 bits per heavy atom. The minimum atomic E-state index is -0.564. The summed E-state index contributed by atoms with van der Waals surface area (Å²) in [7, 11) is 1.36. The molecule has 0 amide bonds. The van der Waals surface area contributed by atoms with Gasteiger partial charge in [0.2, 0.25) is 0 Å². The molecule has 0 fully saturated rings. The van der Waals surface area contributed by atoms with Gasteiger partial charge in [0.25, 0.3) is 0 Å². The van der Waals surface area contributed by atoms with Gasteiger partial charge in [-0.15, -0.1) is 6.58 Å². The summed E-state index contributed by atoms with van der Waals surface area (Å²) in [4.78, 5) is 11.4. The molecule has 86 valence electrons. The number of hydrogen-bond donors (Lipinski definition) is 0. The van der Waals surface area contributed by atoms with E-state index in [1.165, 1.54) is 7.11 Å². The lowest BCUT2D eigenvalue weighted by Gasteiger charge is -2.14. The zero-order chi connectivity index (χ0) is 11.8. The van der Waals surface area contributed by atoms with E-state index in [4.69, 9.17) is 4.74 Å². The third-order valence-corrected chi connectivity index (χ3v) is 2.14. The van der Waals surface area contributed by atoms with Gasteiger partial charge >= 0.3 is 5.97 Å². The van der Waals surface area contributed by atoms with Crippen LogP contribution in [-0.4, -0.2) is 25.8 Å². The van der Waals surface area contributed by atoms with Crippen molar-refractivity contribution in [2.75, 3.05) is 13.7 Å². The van der Waals surface area contributed by atoms with Gasteiger partial charge < -0.3 is 9.47 Å². The number of benzene rings is 1. The van der Waals surface area contributed by atoms with Crippen LogP contribution in [0.1, 0.15) is 5.56 Å². The summed E-state index contributed by atoms with van der Waals surface area (Å²) in [6.07, 6.45) is 1.56. The number of hydrogen-bond acceptors (Lipinski definition) is 3. The second-order valence-electron chi connectivity index (χ2n) is 3.32. The number of esters is 1. The molecule has 16 heavy (non-hydrogen) atoms. The average molecular weight is 220 g/mol. The van der Waals surface area contributed by atoms with Gasteiger partial charge in [0.1, 0.15) is 0 Å². The molecule has 0 heterocycles. The van der Waals surface area contributed by atoms with Gasteiger partial charge in [0.05, 0.1) is 13.7 Å². The van der Waals surface area contributed by atoms with Crippen molar-refractivity contribution in [2.24, 2.45) is 0 Å². The number of ether oxygens (including phenoxy) is 2. The van der Waals surface area contributed by atoms with E-state index in [1.54, 1.807) is 6.08 Å². The standard InChI is InChI=1S/C13H16O3/c1-3-9-16-12(13(14)15-2)10-11-7-5-4-6-8-11/h3-8,12H,1,9-10H2,2H3/t12-/m0/s1. The van der Waals surface area contributed by atoms with Crippen molar-refractivity contribution in [1.29, 1.82) is 0 Å². The molecule has 0 aliphatic rings. The first-order chi connectivity index (χ1) is 7.77. The van der Waals surface area contributed by atoms with Gasteiger partial charge in [0, 0.05) is 6.42 Å². The molecule has 0 aliphatic carbocycles. The predicted molar refractivity (Wildman–Crippen MR) is 62.1 cm³/mol. The van der Waals surface area contributed by atoms with Crippen LogP contribution in [0.5, 0.6) is 0 Å². The molecule has 0 N–H and O–H groups in total. The van der Waals surface area contributed by atoms with Crippen molar-refractivity contribution in [2.45, 2.75) is 12.5 Å². The first kappa shape index (κ1) is 12.5. The zero-order valence-corrected chi connectivity index (χ0v) is 9.39. The first-order valence-electron chi connectivity index (χ1n) is 5.12. The smallest absolute Gasteiger partial charge is 0.335 e. The predicted octanol–water partition coefficient (Wildman–Crippen LogP) is 1.97. The summed E-state index contributed by atoms with van der Waals surface area (Å²) in [6, 6.07) is 9.69. The summed E-state index contributed by atoms with van der Waals surface area (Å²) < 4.78 is 10.0. The molecule has 0 bridgehead atoms. The molecule has 1 aromatic rings. The van der Waals surface area contributed by atoms with E-state index < -0.39 is 6.10 Å². The Bertz CT molecular complexity index is 332. The van der Waals surface area contributed by atoms with E-state index in [0.29, 0.717) is 13.0 Å². The highest BCUT2D eigenvalue weighted by Gasteiger charge is 2.19. The fourth-order valence-corrected chi connectivity index (χ4v) is 1.35. The van der Waals surface area contributed by atoms with Crippen molar-refractivity contribution < 1.29 is 14.3 Å². The second kappa shape index (κ2) is 6.80. The summed E-state index contributed by atoms with van der Waals surface area (Å²) in [5.74, 6) is -0.356. The van der Waals surface area contributed by atoms with Crippen molar-refractivity contribution >= 4 is 5.97 Å². The monoisotopic (exact) mass is 220 g/mol. The summed E-state index contributed by atoms with van der Waals surface area (Å²) in [5, 5.41) is 0. The summed E-state index contributed by atoms with van der Waals surface area (Å²) in [6.45, 7) is 3.89. The molecule has 0 radical (unpaired) electrons. The molecule has 1 aromatic carbocycles. The van der Waals surface area contributed by atoms with Gasteiger partial charge in [-0.1, -0.05) is 36.4 Å². The van der Waals surface area contributed by atoms with Gasteiger partial charge in [-0.2, -0.15) is 0 Å². The lowest BCUT2D eigenvalue weighted by atomic mass is 10.1. The molecule has 0 aromatic heterocycles. The maximum atomic E-state index is 11.4. The Morgan fingerprint density at radius 2 is 2.12 bits per heavy atom. The van der Waals surface area contributed by atoms with E-state index in [1.807, 2.05) is 30.3 Å². The Balaban J connectivity index is 2.63. The Kier molecular flexibility index (Phi) is 5.29. The van der Waals surface area contributed by atoms with Crippen LogP contribution in [0.2, 0.25) is 0 Å². The van der Waals surface area contributed by atoms with Crippen molar-refractivity contribution in [3.63, 3.8) is 0 Å². The van der Waals surface area contributed by atoms with E-state index in [0.717, 1.165) is 5.56 Å². The van der Waals surface area contributed by atoms with E-state index in [2.05, 4.69) is 11.3 Å². The number of rotatable bonds is 6. The number of carbonyl (C=O) groups is 1. The fraction of sp³-hybridized carbons (Fsp3) is 0.308. The number of methoxy groups -OCH3 is 1. The third-order valence-electron chi connectivity index (χ3n) is 2.14. The van der Waals surface area contributed by atoms with Crippen molar-refractivity contribution in [1.82, 2.24) is 0 Å². The van der Waals surface area contributed by atoms with Gasteiger partial charge in [-0.05, 0) is 5.56 Å². The lowest BCUT2D eigenvalue weighted by molar-refractivity contribution is -0.153. The molecule has 3 heteroatoms. The molecule has 0 saturated carbocycles. The van der Waals surface area contributed by atoms with Crippen molar-refractivity contribution in [3.05, 3.63) is 48.6 Å². The minimum Gasteiger partial charge on any atom is -0.467 e. The highest BCUT2D eigenvalue weighted by Crippen LogP contribution is 2.07. The second-order valence-corrected chi connectivity index (χ2v) is 3.32. The van der Waals surface area contributed by atoms with Crippen LogP contribution in [-0.2, 0) is 20.7 Å². The molecule has 0 spiro atoms. The topological polar surface area (TPSA) is 35.5 Å². The van der Waals surface area contributed by atoms with E-state index >= 15 is 0 Å². The SMILES string of the molecule is C=CCO[C@@H](Cc1ccccc1)C(=O)OC. The summed E-state index contributed by atoms with van der Waals surface area (Å²) in [5.41, 5.74) is 1.04. The molecule has 0 aliphatic heterocycles. The van der Waals surface area contributed by atoms with Crippen LogP contribution in [0.4, 0.5) is 0 Å². The first-order valence-corrected chi connectivity index (χ1v) is 5.12. The zero-order valence-electron chi connectivity index (χ0n) is 9.39. The van der Waals surface area contributed by atoms with E-state index in [-0.39, 0.29) is 5.97 Å².